The molecule has 1 saturated heterocycles. The van der Waals surface area contributed by atoms with Crippen LogP contribution in [0.25, 0.3) is 0 Å². The second-order valence-corrected chi connectivity index (χ2v) is 9.48. The van der Waals surface area contributed by atoms with Crippen molar-refractivity contribution in [1.29, 1.82) is 0 Å². The lowest BCUT2D eigenvalue weighted by molar-refractivity contribution is -0.120. The molecule has 8 nitrogen and oxygen atoms in total. The standard InChI is InChI=1S/C21H27FN4O4S/c1-25-15-18(31(29,30)26-11-3-2-4-12-26)14-19(25)21(28)24-10-9-23-20(27)13-16-5-7-17(22)8-6-16/h5-8,14-15H,2-4,9-13H2,1H3,(H,23,27)(H,24,28). The minimum absolute atomic E-state index is 0.106. The Morgan fingerprint density at radius 3 is 2.35 bits per heavy atom. The SMILES string of the molecule is Cn1cc(S(=O)(=O)N2CCCCC2)cc1C(=O)NCCNC(=O)Cc1ccc(F)cc1. The first-order chi connectivity index (χ1) is 14.8. The number of carbonyl (C=O) groups excluding carboxylic acids is 2. The molecule has 3 rings (SSSR count). The van der Waals surface area contributed by atoms with E-state index in [0.717, 1.165) is 19.3 Å². The molecular formula is C21H27FN4O4S. The van der Waals surface area contributed by atoms with Crippen LogP contribution >= 0.6 is 0 Å². The number of aryl methyl sites for hydroxylation is 1. The molecule has 2 aromatic rings. The largest absolute Gasteiger partial charge is 0.354 e. The zero-order valence-corrected chi connectivity index (χ0v) is 18.3. The molecule has 0 saturated carbocycles. The Bertz CT molecular complexity index is 1030. The number of sulfonamides is 1. The number of halogens is 1. The van der Waals surface area contributed by atoms with Gasteiger partial charge in [-0.05, 0) is 36.6 Å². The highest BCUT2D eigenvalue weighted by molar-refractivity contribution is 7.89. The van der Waals surface area contributed by atoms with E-state index in [2.05, 4.69) is 10.6 Å². The normalized spacial score (nSPS) is 14.9. The second-order valence-electron chi connectivity index (χ2n) is 7.55. The molecule has 1 aliphatic rings. The third-order valence-electron chi connectivity index (χ3n) is 5.18. The fourth-order valence-corrected chi connectivity index (χ4v) is 5.06. The number of hydrogen-bond donors (Lipinski definition) is 2. The highest BCUT2D eigenvalue weighted by atomic mass is 32.2. The Kier molecular flexibility index (Phi) is 7.45. The third kappa shape index (κ3) is 5.92. The van der Waals surface area contributed by atoms with Gasteiger partial charge in [-0.2, -0.15) is 4.31 Å². The maximum Gasteiger partial charge on any atom is 0.268 e. The summed E-state index contributed by atoms with van der Waals surface area (Å²) in [6.07, 6.45) is 4.26. The number of nitrogens with zero attached hydrogens (tertiary/aromatic N) is 2. The molecule has 0 spiro atoms. The van der Waals surface area contributed by atoms with Crippen LogP contribution in [0.2, 0.25) is 0 Å². The predicted molar refractivity (Wildman–Crippen MR) is 113 cm³/mol. The molecule has 1 fully saturated rings. The number of hydrogen-bond acceptors (Lipinski definition) is 4. The Morgan fingerprint density at radius 2 is 1.68 bits per heavy atom. The number of amides is 2. The lowest BCUT2D eigenvalue weighted by Crippen LogP contribution is -2.36. The molecule has 10 heteroatoms. The fraction of sp³-hybridized carbons (Fsp3) is 0.429. The Morgan fingerprint density at radius 1 is 1.03 bits per heavy atom. The van der Waals surface area contributed by atoms with Gasteiger partial charge in [-0.25, -0.2) is 12.8 Å². The van der Waals surface area contributed by atoms with Crippen LogP contribution in [0, 0.1) is 5.82 Å². The van der Waals surface area contributed by atoms with Crippen LogP contribution in [0.5, 0.6) is 0 Å². The molecule has 168 valence electrons. The van der Waals surface area contributed by atoms with E-state index in [9.17, 15) is 22.4 Å². The van der Waals surface area contributed by atoms with E-state index < -0.39 is 15.9 Å². The number of nitrogens with one attached hydrogen (secondary N) is 2. The molecule has 1 aromatic carbocycles. The molecule has 31 heavy (non-hydrogen) atoms. The Hall–Kier alpha value is -2.72. The summed E-state index contributed by atoms with van der Waals surface area (Å²) in [5.41, 5.74) is 0.919. The van der Waals surface area contributed by atoms with Gasteiger partial charge in [0.2, 0.25) is 15.9 Å². The molecule has 0 bridgehead atoms. The van der Waals surface area contributed by atoms with Crippen molar-refractivity contribution in [2.45, 2.75) is 30.6 Å². The summed E-state index contributed by atoms with van der Waals surface area (Å²) in [6, 6.07) is 7.06. The highest BCUT2D eigenvalue weighted by Crippen LogP contribution is 2.22. The first-order valence-electron chi connectivity index (χ1n) is 10.2. The van der Waals surface area contributed by atoms with Gasteiger partial charge in [0, 0.05) is 39.4 Å². The van der Waals surface area contributed by atoms with Crippen LogP contribution in [0.1, 0.15) is 35.3 Å². The van der Waals surface area contributed by atoms with Crippen LogP contribution in [0.3, 0.4) is 0 Å². The second kappa shape index (κ2) is 10.1. The van der Waals surface area contributed by atoms with Gasteiger partial charge < -0.3 is 15.2 Å². The fourth-order valence-electron chi connectivity index (χ4n) is 3.47. The van der Waals surface area contributed by atoms with Crippen molar-refractivity contribution < 1.29 is 22.4 Å². The van der Waals surface area contributed by atoms with E-state index >= 15 is 0 Å². The lowest BCUT2D eigenvalue weighted by Gasteiger charge is -2.25. The van der Waals surface area contributed by atoms with Gasteiger partial charge in [0.05, 0.1) is 6.42 Å². The maximum atomic E-state index is 12.9. The first-order valence-corrected chi connectivity index (χ1v) is 11.7. The van der Waals surface area contributed by atoms with Crippen molar-refractivity contribution in [3.8, 4) is 0 Å². The molecule has 2 amide bonds. The van der Waals surface area contributed by atoms with Gasteiger partial charge in [0.25, 0.3) is 5.91 Å². The number of rotatable bonds is 8. The summed E-state index contributed by atoms with van der Waals surface area (Å²) in [7, 11) is -1.99. The summed E-state index contributed by atoms with van der Waals surface area (Å²) < 4.78 is 41.4. The summed E-state index contributed by atoms with van der Waals surface area (Å²) in [5, 5.41) is 5.36. The summed E-state index contributed by atoms with van der Waals surface area (Å²) in [4.78, 5) is 24.5. The quantitative estimate of drug-likeness (QED) is 0.594. The van der Waals surface area contributed by atoms with Crippen molar-refractivity contribution >= 4 is 21.8 Å². The zero-order chi connectivity index (χ0) is 22.4. The van der Waals surface area contributed by atoms with E-state index in [1.807, 2.05) is 0 Å². The Balaban J connectivity index is 1.49. The topological polar surface area (TPSA) is 101 Å². The average molecular weight is 451 g/mol. The number of piperidine rings is 1. The van der Waals surface area contributed by atoms with Gasteiger partial charge in [-0.1, -0.05) is 18.6 Å². The highest BCUT2D eigenvalue weighted by Gasteiger charge is 2.28. The minimum Gasteiger partial charge on any atom is -0.354 e. The van der Waals surface area contributed by atoms with Gasteiger partial charge in [0.1, 0.15) is 16.4 Å². The lowest BCUT2D eigenvalue weighted by atomic mass is 10.1. The number of carbonyl (C=O) groups is 2. The predicted octanol–water partition coefficient (Wildman–Crippen LogP) is 1.43. The van der Waals surface area contributed by atoms with Crippen molar-refractivity contribution in [1.82, 2.24) is 19.5 Å². The van der Waals surface area contributed by atoms with Crippen molar-refractivity contribution in [3.05, 3.63) is 53.6 Å². The van der Waals surface area contributed by atoms with Gasteiger partial charge in [-0.15, -0.1) is 0 Å². The van der Waals surface area contributed by atoms with E-state index in [1.165, 1.54) is 33.3 Å². The molecule has 0 atom stereocenters. The van der Waals surface area contributed by atoms with Crippen LogP contribution in [-0.4, -0.2) is 55.3 Å². The molecule has 0 aliphatic carbocycles. The van der Waals surface area contributed by atoms with Crippen LogP contribution in [-0.2, 0) is 28.3 Å². The smallest absolute Gasteiger partial charge is 0.268 e. The van der Waals surface area contributed by atoms with E-state index in [-0.39, 0.29) is 41.8 Å². The minimum atomic E-state index is -3.61. The molecule has 2 heterocycles. The average Bonchev–Trinajstić information content (AvgIpc) is 3.16. The molecule has 1 aromatic heterocycles. The zero-order valence-electron chi connectivity index (χ0n) is 17.4. The maximum absolute atomic E-state index is 12.9. The molecular weight excluding hydrogens is 423 g/mol. The first kappa shape index (κ1) is 23.0. The third-order valence-corrected chi connectivity index (χ3v) is 7.04. The number of aromatic nitrogens is 1. The number of benzene rings is 1. The van der Waals surface area contributed by atoms with Gasteiger partial charge in [-0.3, -0.25) is 9.59 Å². The van der Waals surface area contributed by atoms with Crippen LogP contribution in [0.15, 0.2) is 41.4 Å². The van der Waals surface area contributed by atoms with E-state index in [1.54, 1.807) is 19.2 Å². The van der Waals surface area contributed by atoms with Crippen molar-refractivity contribution in [2.75, 3.05) is 26.2 Å². The van der Waals surface area contributed by atoms with E-state index in [4.69, 9.17) is 0 Å². The molecule has 0 unspecified atom stereocenters. The summed E-state index contributed by atoms with van der Waals surface area (Å²) in [5.74, 6) is -1.02. The Labute approximate surface area is 181 Å². The van der Waals surface area contributed by atoms with E-state index in [0.29, 0.717) is 18.7 Å². The summed E-state index contributed by atoms with van der Waals surface area (Å²) >= 11 is 0. The van der Waals surface area contributed by atoms with Gasteiger partial charge in [0.15, 0.2) is 0 Å². The molecule has 1 aliphatic heterocycles. The van der Waals surface area contributed by atoms with Gasteiger partial charge >= 0.3 is 0 Å². The van der Waals surface area contributed by atoms with Crippen LogP contribution < -0.4 is 10.6 Å². The monoisotopic (exact) mass is 450 g/mol. The summed E-state index contributed by atoms with van der Waals surface area (Å²) in [6.45, 7) is 1.40. The van der Waals surface area contributed by atoms with Crippen molar-refractivity contribution in [2.24, 2.45) is 7.05 Å². The molecule has 0 radical (unpaired) electrons. The van der Waals surface area contributed by atoms with Crippen molar-refractivity contribution in [3.63, 3.8) is 0 Å². The van der Waals surface area contributed by atoms with Crippen LogP contribution in [0.4, 0.5) is 4.39 Å². The molecule has 2 N–H and O–H groups in total.